The van der Waals surface area contributed by atoms with E-state index >= 15 is 0 Å². The third-order valence-electron chi connectivity index (χ3n) is 10.9. The lowest BCUT2D eigenvalue weighted by molar-refractivity contribution is 0.434. The number of hydrogen-bond acceptors (Lipinski definition) is 3. The van der Waals surface area contributed by atoms with Gasteiger partial charge in [-0.1, -0.05) is 200 Å². The summed E-state index contributed by atoms with van der Waals surface area (Å²) < 4.78 is 6.48. The Morgan fingerprint density at radius 1 is 0.304 bits per heavy atom. The number of aromatic nitrogens is 2. The molecule has 0 bridgehead atoms. The van der Waals surface area contributed by atoms with Crippen LogP contribution in [0.1, 0.15) is 22.3 Å². The Labute approximate surface area is 327 Å². The average Bonchev–Trinajstić information content (AvgIpc) is 3.29. The molecule has 2 heterocycles. The Hall–Kier alpha value is -7.36. The smallest absolute Gasteiger partial charge is 0.160 e. The summed E-state index contributed by atoms with van der Waals surface area (Å²) >= 11 is 0. The van der Waals surface area contributed by atoms with Gasteiger partial charge < -0.3 is 4.74 Å². The number of rotatable bonds is 7. The van der Waals surface area contributed by atoms with Gasteiger partial charge in [-0.3, -0.25) is 0 Å². The van der Waals surface area contributed by atoms with Gasteiger partial charge in [-0.25, -0.2) is 9.97 Å². The molecule has 0 N–H and O–H groups in total. The second-order valence-corrected chi connectivity index (χ2v) is 14.1. The summed E-state index contributed by atoms with van der Waals surface area (Å²) in [7, 11) is 0. The van der Waals surface area contributed by atoms with E-state index in [1.54, 1.807) is 0 Å². The van der Waals surface area contributed by atoms with Gasteiger partial charge in [0, 0.05) is 27.8 Å². The molecule has 1 aliphatic heterocycles. The van der Waals surface area contributed by atoms with Crippen LogP contribution in [0.3, 0.4) is 0 Å². The van der Waals surface area contributed by atoms with Crippen molar-refractivity contribution < 1.29 is 4.74 Å². The lowest BCUT2D eigenvalue weighted by Crippen LogP contribution is -2.34. The van der Waals surface area contributed by atoms with E-state index in [0.717, 1.165) is 61.8 Å². The van der Waals surface area contributed by atoms with E-state index in [4.69, 9.17) is 14.7 Å². The fourth-order valence-electron chi connectivity index (χ4n) is 8.14. The van der Waals surface area contributed by atoms with E-state index < -0.39 is 5.41 Å². The predicted molar refractivity (Wildman–Crippen MR) is 228 cm³/mol. The van der Waals surface area contributed by atoms with Gasteiger partial charge in [0.2, 0.25) is 0 Å². The molecule has 0 atom stereocenters. The highest BCUT2D eigenvalue weighted by atomic mass is 16.5. The molecule has 0 spiro atoms. The van der Waals surface area contributed by atoms with Crippen LogP contribution >= 0.6 is 0 Å². The first kappa shape index (κ1) is 33.2. The van der Waals surface area contributed by atoms with Gasteiger partial charge in [0.15, 0.2) is 5.82 Å². The van der Waals surface area contributed by atoms with Gasteiger partial charge in [0.05, 0.1) is 16.8 Å². The summed E-state index contributed by atoms with van der Waals surface area (Å²) in [5.41, 5.74) is 13.7. The van der Waals surface area contributed by atoms with Gasteiger partial charge in [0.1, 0.15) is 11.5 Å². The second kappa shape index (κ2) is 14.1. The molecule has 0 unspecified atom stereocenters. The Morgan fingerprint density at radius 3 is 1.16 bits per heavy atom. The minimum atomic E-state index is -0.529. The average molecular weight is 717 g/mol. The third-order valence-corrected chi connectivity index (χ3v) is 10.9. The number of benzene rings is 8. The zero-order valence-electron chi connectivity index (χ0n) is 30.6. The molecule has 0 amide bonds. The number of para-hydroxylation sites is 2. The van der Waals surface area contributed by atoms with Gasteiger partial charge in [-0.2, -0.15) is 0 Å². The van der Waals surface area contributed by atoms with E-state index in [2.05, 4.69) is 170 Å². The highest BCUT2D eigenvalue weighted by Crippen LogP contribution is 2.55. The van der Waals surface area contributed by atoms with Crippen LogP contribution in [0.15, 0.2) is 218 Å². The number of ether oxygens (including phenoxy) is 1. The highest BCUT2D eigenvalue weighted by Gasteiger charge is 2.45. The van der Waals surface area contributed by atoms with Crippen molar-refractivity contribution in [3.05, 3.63) is 241 Å². The molecule has 0 fully saturated rings. The molecule has 3 nitrogen and oxygen atoms in total. The van der Waals surface area contributed by atoms with Gasteiger partial charge in [0.25, 0.3) is 0 Å². The largest absolute Gasteiger partial charge is 0.457 e. The van der Waals surface area contributed by atoms with Crippen molar-refractivity contribution >= 4 is 0 Å². The zero-order chi connectivity index (χ0) is 37.3. The highest BCUT2D eigenvalue weighted by molar-refractivity contribution is 5.76. The van der Waals surface area contributed by atoms with Crippen molar-refractivity contribution in [3.8, 4) is 67.7 Å². The van der Waals surface area contributed by atoms with Crippen molar-refractivity contribution in [1.29, 1.82) is 0 Å². The van der Waals surface area contributed by atoms with Gasteiger partial charge >= 0.3 is 0 Å². The van der Waals surface area contributed by atoms with Gasteiger partial charge in [-0.15, -0.1) is 0 Å². The quantitative estimate of drug-likeness (QED) is 0.165. The first-order valence-electron chi connectivity index (χ1n) is 19.0. The van der Waals surface area contributed by atoms with Crippen molar-refractivity contribution in [3.63, 3.8) is 0 Å². The molecule has 0 radical (unpaired) electrons. The van der Waals surface area contributed by atoms with E-state index in [0.29, 0.717) is 5.82 Å². The molecule has 9 aromatic rings. The van der Waals surface area contributed by atoms with Crippen molar-refractivity contribution in [2.75, 3.05) is 0 Å². The minimum Gasteiger partial charge on any atom is -0.457 e. The maximum absolute atomic E-state index is 6.48. The molecule has 56 heavy (non-hydrogen) atoms. The zero-order valence-corrected chi connectivity index (χ0v) is 30.6. The van der Waals surface area contributed by atoms with E-state index in [1.165, 1.54) is 22.3 Å². The van der Waals surface area contributed by atoms with E-state index in [-0.39, 0.29) is 0 Å². The van der Waals surface area contributed by atoms with Crippen molar-refractivity contribution in [1.82, 2.24) is 9.97 Å². The van der Waals surface area contributed by atoms with Crippen molar-refractivity contribution in [2.24, 2.45) is 0 Å². The van der Waals surface area contributed by atoms with E-state index in [1.807, 2.05) is 48.5 Å². The van der Waals surface area contributed by atoms with Crippen LogP contribution in [0.4, 0.5) is 0 Å². The van der Waals surface area contributed by atoms with Crippen LogP contribution in [0.2, 0.25) is 0 Å². The molecular formula is C53H36N2O. The standard InChI is InChI=1S/C53H36N2O/c1-4-14-41(15-5-1)48-36-49(55-52(54-48)43-16-6-2-7-17-43)42-30-28-39(29-31-42)37-24-26-38(27-25-37)40-32-34-45(35-33-40)53(44-18-8-3-9-19-44)46-20-10-12-22-50(46)56-51-23-13-11-21-47(51)53/h1-36H. The molecule has 1 aromatic heterocycles. The van der Waals surface area contributed by atoms with Crippen LogP contribution in [0, 0.1) is 0 Å². The maximum atomic E-state index is 6.48. The molecule has 8 aromatic carbocycles. The molecule has 1 aliphatic rings. The summed E-state index contributed by atoms with van der Waals surface area (Å²) in [4.78, 5) is 9.95. The summed E-state index contributed by atoms with van der Waals surface area (Å²) in [5.74, 6) is 2.48. The fourth-order valence-corrected chi connectivity index (χ4v) is 8.14. The molecule has 0 saturated carbocycles. The van der Waals surface area contributed by atoms with Crippen LogP contribution in [0.5, 0.6) is 11.5 Å². The van der Waals surface area contributed by atoms with Crippen LogP contribution < -0.4 is 4.74 Å². The van der Waals surface area contributed by atoms with Crippen LogP contribution in [-0.2, 0) is 5.41 Å². The van der Waals surface area contributed by atoms with Crippen LogP contribution in [-0.4, -0.2) is 9.97 Å². The molecule has 3 heteroatoms. The fraction of sp³-hybridized carbons (Fsp3) is 0.0189. The molecule has 0 saturated heterocycles. The van der Waals surface area contributed by atoms with E-state index in [9.17, 15) is 0 Å². The normalized spacial score (nSPS) is 12.6. The number of hydrogen-bond donors (Lipinski definition) is 0. The molecule has 264 valence electrons. The minimum absolute atomic E-state index is 0.529. The topological polar surface area (TPSA) is 35.0 Å². The number of fused-ring (bicyclic) bond motifs is 2. The van der Waals surface area contributed by atoms with Crippen molar-refractivity contribution in [2.45, 2.75) is 5.41 Å². The monoisotopic (exact) mass is 716 g/mol. The summed E-state index contributed by atoms with van der Waals surface area (Å²) in [6.45, 7) is 0. The predicted octanol–water partition coefficient (Wildman–Crippen LogP) is 13.3. The Balaban J connectivity index is 0.961. The Morgan fingerprint density at radius 2 is 0.661 bits per heavy atom. The molecule has 0 aliphatic carbocycles. The summed E-state index contributed by atoms with van der Waals surface area (Å²) in [6, 6.07) is 76.8. The molecule has 10 rings (SSSR count). The Bertz CT molecular complexity index is 2680. The summed E-state index contributed by atoms with van der Waals surface area (Å²) in [5, 5.41) is 0. The van der Waals surface area contributed by atoms with Gasteiger partial charge in [-0.05, 0) is 51.6 Å². The van der Waals surface area contributed by atoms with Crippen LogP contribution in [0.25, 0.3) is 56.2 Å². The SMILES string of the molecule is c1ccc(-c2cc(-c3ccc(-c4ccc(-c5ccc(C6(c7ccccc7)c7ccccc7Oc7ccccc76)cc5)cc4)cc3)nc(-c3ccccc3)n2)cc1. The lowest BCUT2D eigenvalue weighted by Gasteiger charge is -2.41. The second-order valence-electron chi connectivity index (χ2n) is 14.1. The first-order valence-corrected chi connectivity index (χ1v) is 19.0. The number of nitrogens with zero attached hydrogens (tertiary/aromatic N) is 2. The first-order chi connectivity index (χ1) is 27.7. The lowest BCUT2D eigenvalue weighted by atomic mass is 9.63. The third kappa shape index (κ3) is 5.87. The maximum Gasteiger partial charge on any atom is 0.160 e. The Kier molecular flexibility index (Phi) is 8.38. The molecular weight excluding hydrogens is 681 g/mol. The summed E-state index contributed by atoms with van der Waals surface area (Å²) in [6.07, 6.45) is 0.